The monoisotopic (exact) mass is 457 g/mol. The number of amides is 1. The highest BCUT2D eigenvalue weighted by molar-refractivity contribution is 6.06. The maximum absolute atomic E-state index is 13.1. The van der Waals surface area contributed by atoms with E-state index in [1.807, 2.05) is 30.3 Å². The predicted octanol–water partition coefficient (Wildman–Crippen LogP) is 4.96. The lowest BCUT2D eigenvalue weighted by Gasteiger charge is -2.13. The summed E-state index contributed by atoms with van der Waals surface area (Å²) in [5, 5.41) is 5.27. The van der Waals surface area contributed by atoms with Gasteiger partial charge in [-0.05, 0) is 56.2 Å². The fraction of sp³-hybridized carbons (Fsp3) is 0.154. The van der Waals surface area contributed by atoms with Crippen LogP contribution in [0.2, 0.25) is 0 Å². The van der Waals surface area contributed by atoms with Crippen LogP contribution in [0.25, 0.3) is 10.9 Å². The summed E-state index contributed by atoms with van der Waals surface area (Å²) in [4.78, 5) is 29.7. The SMILES string of the molecule is Cc1c(C(=O)Oc2ccc(F)cc2)oc2c1/C(=N/NC(=O)c1ccc3ccccc3n1)CCC2. The molecule has 0 fully saturated rings. The van der Waals surface area contributed by atoms with E-state index in [1.165, 1.54) is 24.3 Å². The van der Waals surface area contributed by atoms with Crippen molar-refractivity contribution in [3.05, 3.63) is 94.8 Å². The van der Waals surface area contributed by atoms with Crippen LogP contribution < -0.4 is 10.2 Å². The fourth-order valence-corrected chi connectivity index (χ4v) is 4.00. The molecule has 0 saturated heterocycles. The van der Waals surface area contributed by atoms with Crippen LogP contribution in [0, 0.1) is 12.7 Å². The van der Waals surface area contributed by atoms with Crippen molar-refractivity contribution in [1.29, 1.82) is 0 Å². The van der Waals surface area contributed by atoms with Gasteiger partial charge in [0.25, 0.3) is 5.91 Å². The number of halogens is 1. The van der Waals surface area contributed by atoms with E-state index in [0.717, 1.165) is 17.3 Å². The number of pyridine rings is 1. The molecule has 0 bridgehead atoms. The van der Waals surface area contributed by atoms with Crippen molar-refractivity contribution < 1.29 is 23.1 Å². The minimum Gasteiger partial charge on any atom is -0.453 e. The molecule has 170 valence electrons. The molecular formula is C26H20FN3O4. The number of hydrogen-bond acceptors (Lipinski definition) is 6. The highest BCUT2D eigenvalue weighted by Gasteiger charge is 2.29. The Balaban J connectivity index is 1.37. The summed E-state index contributed by atoms with van der Waals surface area (Å²) in [5.74, 6) is -0.641. The fourth-order valence-electron chi connectivity index (χ4n) is 4.00. The summed E-state index contributed by atoms with van der Waals surface area (Å²) in [6.45, 7) is 1.75. The quantitative estimate of drug-likeness (QED) is 0.265. The van der Waals surface area contributed by atoms with Gasteiger partial charge in [0, 0.05) is 22.9 Å². The lowest BCUT2D eigenvalue weighted by atomic mass is 9.93. The van der Waals surface area contributed by atoms with Gasteiger partial charge in [0.15, 0.2) is 0 Å². The van der Waals surface area contributed by atoms with Gasteiger partial charge in [-0.2, -0.15) is 5.10 Å². The molecule has 1 amide bonds. The molecule has 4 aromatic rings. The minimum atomic E-state index is -0.678. The van der Waals surface area contributed by atoms with Crippen LogP contribution in [-0.2, 0) is 6.42 Å². The van der Waals surface area contributed by atoms with Gasteiger partial charge in [0.1, 0.15) is 23.0 Å². The first-order chi connectivity index (χ1) is 16.5. The Bertz CT molecular complexity index is 1440. The predicted molar refractivity (Wildman–Crippen MR) is 123 cm³/mol. The first kappa shape index (κ1) is 21.5. The number of fused-ring (bicyclic) bond motifs is 2. The van der Waals surface area contributed by atoms with Crippen LogP contribution >= 0.6 is 0 Å². The zero-order chi connectivity index (χ0) is 23.7. The summed E-state index contributed by atoms with van der Waals surface area (Å²) in [5.41, 5.74) is 5.46. The molecule has 2 aromatic heterocycles. The second kappa shape index (κ2) is 8.90. The van der Waals surface area contributed by atoms with Gasteiger partial charge in [0.2, 0.25) is 5.76 Å². The zero-order valence-electron chi connectivity index (χ0n) is 18.3. The third kappa shape index (κ3) is 4.17. The Morgan fingerprint density at radius 1 is 1.06 bits per heavy atom. The number of nitrogens with zero attached hydrogens (tertiary/aromatic N) is 2. The molecule has 0 radical (unpaired) electrons. The zero-order valence-corrected chi connectivity index (χ0v) is 18.3. The minimum absolute atomic E-state index is 0.0615. The molecule has 8 heteroatoms. The Morgan fingerprint density at radius 3 is 2.68 bits per heavy atom. The van der Waals surface area contributed by atoms with E-state index in [0.29, 0.717) is 35.4 Å². The van der Waals surface area contributed by atoms with E-state index < -0.39 is 17.7 Å². The van der Waals surface area contributed by atoms with Crippen molar-refractivity contribution in [1.82, 2.24) is 10.4 Å². The first-order valence-corrected chi connectivity index (χ1v) is 10.8. The van der Waals surface area contributed by atoms with Gasteiger partial charge in [-0.15, -0.1) is 0 Å². The number of ether oxygens (including phenoxy) is 1. The van der Waals surface area contributed by atoms with E-state index in [-0.39, 0.29) is 17.2 Å². The van der Waals surface area contributed by atoms with Crippen LogP contribution in [-0.4, -0.2) is 22.6 Å². The number of hydrazone groups is 1. The molecule has 1 aliphatic rings. The number of benzene rings is 2. The van der Waals surface area contributed by atoms with Crippen LogP contribution in [0.1, 0.15) is 50.8 Å². The molecule has 0 aliphatic heterocycles. The second-order valence-electron chi connectivity index (χ2n) is 7.94. The van der Waals surface area contributed by atoms with E-state index in [4.69, 9.17) is 9.15 Å². The summed E-state index contributed by atoms with van der Waals surface area (Å²) >= 11 is 0. The molecule has 1 N–H and O–H groups in total. The highest BCUT2D eigenvalue weighted by atomic mass is 19.1. The number of carbonyl (C=O) groups excluding carboxylic acids is 2. The van der Waals surface area contributed by atoms with Gasteiger partial charge >= 0.3 is 5.97 Å². The van der Waals surface area contributed by atoms with Crippen molar-refractivity contribution in [2.75, 3.05) is 0 Å². The summed E-state index contributed by atoms with van der Waals surface area (Å²) in [7, 11) is 0. The van der Waals surface area contributed by atoms with E-state index in [9.17, 15) is 14.0 Å². The van der Waals surface area contributed by atoms with Crippen LogP contribution in [0.15, 0.2) is 70.2 Å². The average molecular weight is 457 g/mol. The van der Waals surface area contributed by atoms with Crippen molar-refractivity contribution in [3.8, 4) is 5.75 Å². The Kier molecular flexibility index (Phi) is 5.63. The number of hydrogen-bond donors (Lipinski definition) is 1. The Labute approximate surface area is 194 Å². The number of aromatic nitrogens is 1. The molecule has 0 unspecified atom stereocenters. The molecular weight excluding hydrogens is 437 g/mol. The number of carbonyl (C=O) groups is 2. The second-order valence-corrected chi connectivity index (χ2v) is 7.94. The molecule has 2 heterocycles. The normalized spacial score (nSPS) is 14.1. The molecule has 0 atom stereocenters. The maximum atomic E-state index is 13.1. The van der Waals surface area contributed by atoms with E-state index in [1.54, 1.807) is 13.0 Å². The number of nitrogens with one attached hydrogen (secondary N) is 1. The van der Waals surface area contributed by atoms with Gasteiger partial charge in [0.05, 0.1) is 11.2 Å². The lowest BCUT2D eigenvalue weighted by Crippen LogP contribution is -2.23. The van der Waals surface area contributed by atoms with E-state index in [2.05, 4.69) is 15.5 Å². The maximum Gasteiger partial charge on any atom is 0.379 e. The third-order valence-corrected chi connectivity index (χ3v) is 5.66. The molecule has 0 spiro atoms. The van der Waals surface area contributed by atoms with Crippen LogP contribution in [0.4, 0.5) is 4.39 Å². The Hall–Kier alpha value is -4.33. The number of esters is 1. The summed E-state index contributed by atoms with van der Waals surface area (Å²) in [6, 6.07) is 16.2. The van der Waals surface area contributed by atoms with Crippen LogP contribution in [0.3, 0.4) is 0 Å². The molecule has 2 aromatic carbocycles. The standard InChI is InChI=1S/C26H20FN3O4/c1-15-23-20(29-30-25(31)21-14-9-16-5-2-3-6-19(16)28-21)7-4-8-22(23)34-24(15)26(32)33-18-12-10-17(27)11-13-18/h2-3,5-6,9-14H,4,7-8H2,1H3,(H,30,31)/b29-20+. The number of rotatable bonds is 4. The van der Waals surface area contributed by atoms with Crippen molar-refractivity contribution in [3.63, 3.8) is 0 Å². The molecule has 7 nitrogen and oxygen atoms in total. The van der Waals surface area contributed by atoms with Crippen molar-refractivity contribution >= 4 is 28.5 Å². The topological polar surface area (TPSA) is 93.8 Å². The molecule has 1 aliphatic carbocycles. The Morgan fingerprint density at radius 2 is 1.85 bits per heavy atom. The molecule has 34 heavy (non-hydrogen) atoms. The van der Waals surface area contributed by atoms with Crippen molar-refractivity contribution in [2.24, 2.45) is 5.10 Å². The molecule has 0 saturated carbocycles. The largest absolute Gasteiger partial charge is 0.453 e. The van der Waals surface area contributed by atoms with Gasteiger partial charge < -0.3 is 9.15 Å². The first-order valence-electron chi connectivity index (χ1n) is 10.8. The highest BCUT2D eigenvalue weighted by Crippen LogP contribution is 2.30. The number of para-hydroxylation sites is 1. The van der Waals surface area contributed by atoms with Crippen molar-refractivity contribution in [2.45, 2.75) is 26.2 Å². The van der Waals surface area contributed by atoms with Gasteiger partial charge in [-0.3, -0.25) is 4.79 Å². The molecule has 5 rings (SSSR count). The van der Waals surface area contributed by atoms with Crippen LogP contribution in [0.5, 0.6) is 5.75 Å². The smallest absolute Gasteiger partial charge is 0.379 e. The van der Waals surface area contributed by atoms with Gasteiger partial charge in [-0.25, -0.2) is 19.6 Å². The van der Waals surface area contributed by atoms with Gasteiger partial charge in [-0.1, -0.05) is 24.3 Å². The number of aryl methyl sites for hydroxylation is 1. The lowest BCUT2D eigenvalue weighted by molar-refractivity contribution is 0.0698. The number of furan rings is 1. The summed E-state index contributed by atoms with van der Waals surface area (Å²) < 4.78 is 24.2. The third-order valence-electron chi connectivity index (χ3n) is 5.66. The van der Waals surface area contributed by atoms with E-state index >= 15 is 0 Å². The summed E-state index contributed by atoms with van der Waals surface area (Å²) in [6.07, 6.45) is 2.01. The average Bonchev–Trinajstić information content (AvgIpc) is 3.20.